The van der Waals surface area contributed by atoms with Crippen molar-refractivity contribution < 1.29 is 22.7 Å². The molecule has 0 saturated carbocycles. The number of nitrogens with zero attached hydrogens (tertiary/aromatic N) is 1. The van der Waals surface area contributed by atoms with Crippen molar-refractivity contribution in [3.05, 3.63) is 30.7 Å². The monoisotopic (exact) mass is 451 g/mol. The van der Waals surface area contributed by atoms with Crippen LogP contribution in [0.25, 0.3) is 0 Å². The van der Waals surface area contributed by atoms with Gasteiger partial charge in [0.05, 0.1) is 11.3 Å². The minimum absolute atomic E-state index is 0.148. The Morgan fingerprint density at radius 3 is 2.58 bits per heavy atom. The first kappa shape index (κ1) is 23.5. The van der Waals surface area contributed by atoms with E-state index in [9.17, 15) is 18.0 Å². The molecule has 2 aliphatic heterocycles. The summed E-state index contributed by atoms with van der Waals surface area (Å²) in [6.45, 7) is 4.04. The van der Waals surface area contributed by atoms with Gasteiger partial charge >= 0.3 is 0 Å². The van der Waals surface area contributed by atoms with E-state index in [1.807, 2.05) is 0 Å². The summed E-state index contributed by atoms with van der Waals surface area (Å²) in [5, 5.41) is 6.08. The Morgan fingerprint density at radius 1 is 1.26 bits per heavy atom. The molecule has 1 aromatic carbocycles. The lowest BCUT2D eigenvalue weighted by Gasteiger charge is -2.24. The normalized spacial score (nSPS) is 21.5. The van der Waals surface area contributed by atoms with Crippen molar-refractivity contribution in [3.8, 4) is 5.75 Å². The lowest BCUT2D eigenvalue weighted by Crippen LogP contribution is -2.39. The molecule has 10 heteroatoms. The first-order chi connectivity index (χ1) is 14.8. The van der Waals surface area contributed by atoms with E-state index in [2.05, 4.69) is 10.6 Å². The van der Waals surface area contributed by atoms with Gasteiger partial charge in [0.25, 0.3) is 0 Å². The van der Waals surface area contributed by atoms with Crippen LogP contribution in [0.2, 0.25) is 0 Å². The predicted molar refractivity (Wildman–Crippen MR) is 116 cm³/mol. The molecular weight excluding hydrogens is 420 g/mol. The van der Waals surface area contributed by atoms with Gasteiger partial charge in [0, 0.05) is 25.0 Å². The molecule has 2 heterocycles. The fourth-order valence-corrected chi connectivity index (χ4v) is 5.17. The number of primary amides is 1. The summed E-state index contributed by atoms with van der Waals surface area (Å²) in [5.74, 6) is -0.544. The van der Waals surface area contributed by atoms with Gasteiger partial charge in [-0.3, -0.25) is 9.59 Å². The van der Waals surface area contributed by atoms with Crippen LogP contribution in [-0.2, 0) is 19.6 Å². The number of amides is 2. The van der Waals surface area contributed by atoms with Crippen LogP contribution in [0.5, 0.6) is 5.75 Å². The highest BCUT2D eigenvalue weighted by Gasteiger charge is 2.33. The summed E-state index contributed by atoms with van der Waals surface area (Å²) in [6, 6.07) is 6.25. The number of sulfonamides is 1. The summed E-state index contributed by atoms with van der Waals surface area (Å²) in [6.07, 6.45) is 4.17. The molecule has 3 rings (SSSR count). The van der Waals surface area contributed by atoms with Crippen LogP contribution in [0.15, 0.2) is 29.2 Å². The van der Waals surface area contributed by atoms with E-state index in [0.717, 1.165) is 25.9 Å². The minimum atomic E-state index is -3.65. The zero-order valence-corrected chi connectivity index (χ0v) is 18.6. The summed E-state index contributed by atoms with van der Waals surface area (Å²) < 4.78 is 33.2. The van der Waals surface area contributed by atoms with E-state index in [-0.39, 0.29) is 35.9 Å². The number of nitrogens with one attached hydrogen (secondary N) is 2. The molecule has 0 aliphatic carbocycles. The first-order valence-corrected chi connectivity index (χ1v) is 12.1. The highest BCUT2D eigenvalue weighted by molar-refractivity contribution is 7.89. The van der Waals surface area contributed by atoms with Gasteiger partial charge < -0.3 is 21.1 Å². The Balaban J connectivity index is 1.51. The van der Waals surface area contributed by atoms with E-state index in [1.165, 1.54) is 10.7 Å². The average molecular weight is 452 g/mol. The number of nitrogens with two attached hydrogens (primary N) is 1. The standard InChI is InChI=1S/C21H31N4O5S/c1-15(21(22)27)2-7-20(26)24-16-10-13-25(14-16)31(28,29)19-5-3-17(4-6-19)30-18-8-11-23-12-9-18/h3-7,15-16,18,23H,2,8-14H2,1H3,(H2,22,27)(H,24,26)/t15-,16-/m0/s1. The Morgan fingerprint density at radius 2 is 1.94 bits per heavy atom. The van der Waals surface area contributed by atoms with Crippen molar-refractivity contribution in [1.82, 2.24) is 14.9 Å². The van der Waals surface area contributed by atoms with Gasteiger partial charge in [-0.1, -0.05) is 6.92 Å². The molecule has 2 saturated heterocycles. The van der Waals surface area contributed by atoms with E-state index in [1.54, 1.807) is 31.2 Å². The third-order valence-corrected chi connectivity index (χ3v) is 7.57. The van der Waals surface area contributed by atoms with Crippen LogP contribution in [-0.4, -0.2) is 62.9 Å². The first-order valence-electron chi connectivity index (χ1n) is 10.7. The van der Waals surface area contributed by atoms with Crippen molar-refractivity contribution in [2.75, 3.05) is 26.2 Å². The molecule has 4 N–H and O–H groups in total. The largest absolute Gasteiger partial charge is 0.490 e. The van der Waals surface area contributed by atoms with Crippen LogP contribution >= 0.6 is 0 Å². The summed E-state index contributed by atoms with van der Waals surface area (Å²) in [7, 11) is -3.65. The molecule has 2 atom stereocenters. The molecular formula is C21H31N4O5S. The van der Waals surface area contributed by atoms with Crippen molar-refractivity contribution in [2.45, 2.75) is 49.6 Å². The van der Waals surface area contributed by atoms with Gasteiger partial charge in [0.15, 0.2) is 0 Å². The van der Waals surface area contributed by atoms with E-state index >= 15 is 0 Å². The molecule has 171 valence electrons. The molecule has 1 aromatic rings. The minimum Gasteiger partial charge on any atom is -0.490 e. The third kappa shape index (κ3) is 6.41. The number of hydrogen-bond donors (Lipinski definition) is 3. The molecule has 0 aromatic heterocycles. The van der Waals surface area contributed by atoms with Crippen molar-refractivity contribution in [1.29, 1.82) is 0 Å². The average Bonchev–Trinajstić information content (AvgIpc) is 3.22. The molecule has 0 bridgehead atoms. The highest BCUT2D eigenvalue weighted by Crippen LogP contribution is 2.24. The zero-order valence-electron chi connectivity index (χ0n) is 17.7. The summed E-state index contributed by atoms with van der Waals surface area (Å²) >= 11 is 0. The number of rotatable bonds is 9. The van der Waals surface area contributed by atoms with Gasteiger partial charge in [-0.05, 0) is 63.0 Å². The second kappa shape index (κ2) is 10.4. The van der Waals surface area contributed by atoms with Crippen LogP contribution in [0, 0.1) is 12.3 Å². The van der Waals surface area contributed by atoms with Gasteiger partial charge in [-0.15, -0.1) is 0 Å². The molecule has 2 amide bonds. The van der Waals surface area contributed by atoms with Gasteiger partial charge in [-0.2, -0.15) is 4.31 Å². The van der Waals surface area contributed by atoms with Gasteiger partial charge in [-0.25, -0.2) is 8.42 Å². The number of hydrogen-bond acceptors (Lipinski definition) is 6. The van der Waals surface area contributed by atoms with Crippen molar-refractivity contribution in [2.24, 2.45) is 11.7 Å². The lowest BCUT2D eigenvalue weighted by atomic mass is 10.0. The summed E-state index contributed by atoms with van der Waals surface area (Å²) in [4.78, 5) is 23.3. The maximum Gasteiger partial charge on any atom is 0.243 e. The molecule has 2 aliphatic rings. The topological polar surface area (TPSA) is 131 Å². The lowest BCUT2D eigenvalue weighted by molar-refractivity contribution is -0.121. The Hall–Kier alpha value is -2.17. The van der Waals surface area contributed by atoms with Crippen LogP contribution in [0.4, 0.5) is 0 Å². The Bertz CT molecular complexity index is 868. The second-order valence-corrected chi connectivity index (χ2v) is 10.1. The smallest absolute Gasteiger partial charge is 0.243 e. The SMILES string of the molecule is C[C@@H](C[CH]C(=O)N[C@H]1CCN(S(=O)(=O)c2ccc(OC3CCNCC3)cc2)C1)C(N)=O. The second-order valence-electron chi connectivity index (χ2n) is 8.14. The predicted octanol–water partition coefficient (Wildman–Crippen LogP) is 0.412. The molecule has 1 radical (unpaired) electrons. The van der Waals surface area contributed by atoms with Gasteiger partial charge in [0.1, 0.15) is 11.9 Å². The molecule has 2 fully saturated rings. The Labute approximate surface area is 183 Å². The molecule has 31 heavy (non-hydrogen) atoms. The fourth-order valence-electron chi connectivity index (χ4n) is 3.67. The number of carbonyl (C=O) groups excluding carboxylic acids is 2. The van der Waals surface area contributed by atoms with Crippen molar-refractivity contribution in [3.63, 3.8) is 0 Å². The van der Waals surface area contributed by atoms with Gasteiger partial charge in [0.2, 0.25) is 21.8 Å². The molecule has 0 spiro atoms. The number of piperidine rings is 1. The van der Waals surface area contributed by atoms with Crippen LogP contribution in [0.1, 0.15) is 32.6 Å². The zero-order chi connectivity index (χ0) is 22.4. The maximum absolute atomic E-state index is 13.0. The van der Waals surface area contributed by atoms with Crippen molar-refractivity contribution >= 4 is 21.8 Å². The summed E-state index contributed by atoms with van der Waals surface area (Å²) in [5.41, 5.74) is 5.19. The third-order valence-electron chi connectivity index (χ3n) is 5.69. The number of benzene rings is 1. The number of ether oxygens (including phenoxy) is 1. The highest BCUT2D eigenvalue weighted by atomic mass is 32.2. The maximum atomic E-state index is 13.0. The quantitative estimate of drug-likeness (QED) is 0.499. The van der Waals surface area contributed by atoms with Crippen LogP contribution in [0.3, 0.4) is 0 Å². The van der Waals surface area contributed by atoms with E-state index in [0.29, 0.717) is 18.7 Å². The molecule has 0 unspecified atom stereocenters. The van der Waals surface area contributed by atoms with Crippen LogP contribution < -0.4 is 21.1 Å². The van der Waals surface area contributed by atoms with E-state index in [4.69, 9.17) is 10.5 Å². The fraction of sp³-hybridized carbons (Fsp3) is 0.571. The van der Waals surface area contributed by atoms with E-state index < -0.39 is 21.8 Å². The Kier molecular flexibility index (Phi) is 7.90. The molecule has 9 nitrogen and oxygen atoms in total. The number of carbonyl (C=O) groups is 2.